The van der Waals surface area contributed by atoms with E-state index in [2.05, 4.69) is 10.6 Å². The Morgan fingerprint density at radius 3 is 2.28 bits per heavy atom. The third-order valence-electron chi connectivity index (χ3n) is 2.28. The first-order valence-corrected chi connectivity index (χ1v) is 5.69. The van der Waals surface area contributed by atoms with Crippen LogP contribution in [0.5, 0.6) is 0 Å². The smallest absolute Gasteiger partial charge is 0.392 e. The van der Waals surface area contributed by atoms with Crippen molar-refractivity contribution in [2.24, 2.45) is 0 Å². The van der Waals surface area contributed by atoms with E-state index in [1.807, 2.05) is 0 Å². The van der Waals surface area contributed by atoms with Gasteiger partial charge in [0.25, 0.3) is 0 Å². The molecule has 18 heavy (non-hydrogen) atoms. The number of hydrogen-bond acceptors (Lipinski definition) is 3. The summed E-state index contributed by atoms with van der Waals surface area (Å²) in [5, 5.41) is 15.0. The van der Waals surface area contributed by atoms with Crippen LogP contribution >= 0.6 is 0 Å². The molecule has 1 rings (SSSR count). The molecule has 0 aromatic heterocycles. The summed E-state index contributed by atoms with van der Waals surface area (Å²) in [6.45, 7) is 3.38. The van der Waals surface area contributed by atoms with Gasteiger partial charge in [-0.15, -0.1) is 0 Å². The maximum absolute atomic E-state index is 12.3. The molecule has 1 unspecified atom stereocenters. The quantitative estimate of drug-likeness (QED) is 0.688. The Morgan fingerprint density at radius 2 is 1.78 bits per heavy atom. The molecule has 0 heterocycles. The van der Waals surface area contributed by atoms with Crippen molar-refractivity contribution < 1.29 is 18.3 Å². The third-order valence-corrected chi connectivity index (χ3v) is 2.28. The molecule has 1 atom stereocenters. The predicted molar refractivity (Wildman–Crippen MR) is 64.5 cm³/mol. The first-order chi connectivity index (χ1) is 8.39. The molecule has 1 aromatic carbocycles. The van der Waals surface area contributed by atoms with Crippen LogP contribution in [0.4, 0.5) is 18.9 Å². The highest BCUT2D eigenvalue weighted by molar-refractivity contribution is 5.45. The highest BCUT2D eigenvalue weighted by Crippen LogP contribution is 2.29. The Labute approximate surface area is 104 Å². The highest BCUT2D eigenvalue weighted by Gasteiger charge is 2.29. The maximum atomic E-state index is 12.3. The summed E-state index contributed by atoms with van der Waals surface area (Å²) < 4.78 is 36.9. The zero-order valence-corrected chi connectivity index (χ0v) is 10.1. The molecule has 0 aliphatic carbocycles. The minimum atomic E-state index is -4.29. The van der Waals surface area contributed by atoms with Gasteiger partial charge < -0.3 is 15.7 Å². The average molecular weight is 262 g/mol. The standard InChI is InChI=1S/C12H17F3N2O/c1-9(18)8-16-6-7-17-11-4-2-10(3-5-11)12(13,14)15/h2-5,9,16-18H,6-8H2,1H3. The molecule has 0 spiro atoms. The van der Waals surface area contributed by atoms with Crippen LogP contribution in [0.2, 0.25) is 0 Å². The minimum Gasteiger partial charge on any atom is -0.392 e. The van der Waals surface area contributed by atoms with Crippen molar-refractivity contribution in [2.75, 3.05) is 25.0 Å². The second-order valence-corrected chi connectivity index (χ2v) is 4.06. The van der Waals surface area contributed by atoms with Crippen molar-refractivity contribution in [3.63, 3.8) is 0 Å². The molecule has 3 nitrogen and oxygen atoms in total. The molecule has 0 saturated carbocycles. The van der Waals surface area contributed by atoms with Crippen molar-refractivity contribution in [3.8, 4) is 0 Å². The molecule has 3 N–H and O–H groups in total. The number of aliphatic hydroxyl groups excluding tert-OH is 1. The molecule has 0 fully saturated rings. The number of aliphatic hydroxyl groups is 1. The number of hydrogen-bond donors (Lipinski definition) is 3. The number of benzene rings is 1. The summed E-state index contributed by atoms with van der Waals surface area (Å²) in [7, 11) is 0. The molecule has 0 aliphatic rings. The van der Waals surface area contributed by atoms with E-state index < -0.39 is 17.8 Å². The molecule has 0 bridgehead atoms. The van der Waals surface area contributed by atoms with Gasteiger partial charge in [-0.25, -0.2) is 0 Å². The van der Waals surface area contributed by atoms with Gasteiger partial charge in [0.15, 0.2) is 0 Å². The Bertz CT molecular complexity index is 349. The van der Waals surface area contributed by atoms with Gasteiger partial charge >= 0.3 is 6.18 Å². The zero-order chi connectivity index (χ0) is 13.6. The third kappa shape index (κ3) is 5.37. The number of alkyl halides is 3. The number of nitrogens with one attached hydrogen (secondary N) is 2. The fraction of sp³-hybridized carbons (Fsp3) is 0.500. The normalized spacial score (nSPS) is 13.4. The molecule has 102 valence electrons. The molecule has 0 aliphatic heterocycles. The Kier molecular flexibility index (Phi) is 5.43. The zero-order valence-electron chi connectivity index (χ0n) is 10.1. The first kappa shape index (κ1) is 14.8. The van der Waals surface area contributed by atoms with Gasteiger partial charge in [0.2, 0.25) is 0 Å². The van der Waals surface area contributed by atoms with E-state index in [0.29, 0.717) is 25.3 Å². The van der Waals surface area contributed by atoms with Crippen LogP contribution < -0.4 is 10.6 Å². The van der Waals surface area contributed by atoms with Gasteiger partial charge in [-0.05, 0) is 31.2 Å². The lowest BCUT2D eigenvalue weighted by atomic mass is 10.2. The second kappa shape index (κ2) is 6.61. The van der Waals surface area contributed by atoms with Crippen LogP contribution in [0.15, 0.2) is 24.3 Å². The molecular formula is C12H17F3N2O. The topological polar surface area (TPSA) is 44.3 Å². The van der Waals surface area contributed by atoms with Gasteiger partial charge in [0.1, 0.15) is 0 Å². The minimum absolute atomic E-state index is 0.406. The lowest BCUT2D eigenvalue weighted by Gasteiger charge is -2.10. The van der Waals surface area contributed by atoms with Crippen LogP contribution in [0.25, 0.3) is 0 Å². The van der Waals surface area contributed by atoms with E-state index in [1.165, 1.54) is 12.1 Å². The summed E-state index contributed by atoms with van der Waals surface area (Å²) >= 11 is 0. The van der Waals surface area contributed by atoms with E-state index in [0.717, 1.165) is 12.1 Å². The van der Waals surface area contributed by atoms with Gasteiger partial charge in [0.05, 0.1) is 11.7 Å². The first-order valence-electron chi connectivity index (χ1n) is 5.69. The molecular weight excluding hydrogens is 245 g/mol. The van der Waals surface area contributed by atoms with Gasteiger partial charge in [0, 0.05) is 25.3 Å². The lowest BCUT2D eigenvalue weighted by Crippen LogP contribution is -2.28. The Hall–Kier alpha value is -1.27. The van der Waals surface area contributed by atoms with E-state index in [9.17, 15) is 13.2 Å². The second-order valence-electron chi connectivity index (χ2n) is 4.06. The molecule has 0 saturated heterocycles. The van der Waals surface area contributed by atoms with Crippen molar-refractivity contribution in [2.45, 2.75) is 19.2 Å². The summed E-state index contributed by atoms with van der Waals surface area (Å²) in [4.78, 5) is 0. The van der Waals surface area contributed by atoms with Crippen LogP contribution in [-0.4, -0.2) is 30.8 Å². The fourth-order valence-electron chi connectivity index (χ4n) is 1.38. The fourth-order valence-corrected chi connectivity index (χ4v) is 1.38. The maximum Gasteiger partial charge on any atom is 0.416 e. The van der Waals surface area contributed by atoms with Crippen molar-refractivity contribution in [1.82, 2.24) is 5.32 Å². The average Bonchev–Trinajstić information content (AvgIpc) is 2.27. The number of halogens is 3. The SMILES string of the molecule is CC(O)CNCCNc1ccc(C(F)(F)F)cc1. The molecule has 1 aromatic rings. The lowest BCUT2D eigenvalue weighted by molar-refractivity contribution is -0.137. The van der Waals surface area contributed by atoms with Gasteiger partial charge in [-0.3, -0.25) is 0 Å². The monoisotopic (exact) mass is 262 g/mol. The number of rotatable bonds is 6. The Balaban J connectivity index is 2.31. The summed E-state index contributed by atoms with van der Waals surface area (Å²) in [5.41, 5.74) is -0.0119. The van der Waals surface area contributed by atoms with Crippen LogP contribution in [0.3, 0.4) is 0 Å². The van der Waals surface area contributed by atoms with Gasteiger partial charge in [-0.2, -0.15) is 13.2 Å². The van der Waals surface area contributed by atoms with Crippen molar-refractivity contribution >= 4 is 5.69 Å². The van der Waals surface area contributed by atoms with E-state index in [-0.39, 0.29) is 0 Å². The molecule has 0 radical (unpaired) electrons. The summed E-state index contributed by atoms with van der Waals surface area (Å²) in [6.07, 6.45) is -4.70. The van der Waals surface area contributed by atoms with Gasteiger partial charge in [-0.1, -0.05) is 0 Å². The summed E-state index contributed by atoms with van der Waals surface area (Å²) in [5.74, 6) is 0. The van der Waals surface area contributed by atoms with Crippen LogP contribution in [-0.2, 0) is 6.18 Å². The van der Waals surface area contributed by atoms with Crippen molar-refractivity contribution in [1.29, 1.82) is 0 Å². The predicted octanol–water partition coefficient (Wildman–Crippen LogP) is 2.09. The molecule has 6 heteroatoms. The van der Waals surface area contributed by atoms with E-state index in [4.69, 9.17) is 5.11 Å². The van der Waals surface area contributed by atoms with Crippen molar-refractivity contribution in [3.05, 3.63) is 29.8 Å². The summed E-state index contributed by atoms with van der Waals surface area (Å²) in [6, 6.07) is 4.89. The number of anilines is 1. The Morgan fingerprint density at radius 1 is 1.17 bits per heavy atom. The van der Waals surface area contributed by atoms with E-state index >= 15 is 0 Å². The van der Waals surface area contributed by atoms with Crippen LogP contribution in [0, 0.1) is 0 Å². The molecule has 0 amide bonds. The largest absolute Gasteiger partial charge is 0.416 e. The van der Waals surface area contributed by atoms with Crippen LogP contribution in [0.1, 0.15) is 12.5 Å². The highest BCUT2D eigenvalue weighted by atomic mass is 19.4. The van der Waals surface area contributed by atoms with E-state index in [1.54, 1.807) is 6.92 Å².